The minimum atomic E-state index is -0.356. The summed E-state index contributed by atoms with van der Waals surface area (Å²) in [5.41, 5.74) is 8.64. The Labute approximate surface area is 162 Å². The van der Waals surface area contributed by atoms with Crippen molar-refractivity contribution in [2.45, 2.75) is 19.0 Å². The van der Waals surface area contributed by atoms with Crippen LogP contribution in [0.3, 0.4) is 0 Å². The lowest BCUT2D eigenvalue weighted by molar-refractivity contribution is -0.119. The summed E-state index contributed by atoms with van der Waals surface area (Å²) in [7, 11) is 0. The maximum absolute atomic E-state index is 12.1. The van der Waals surface area contributed by atoms with E-state index in [4.69, 9.17) is 0 Å². The Morgan fingerprint density at radius 1 is 1.07 bits per heavy atom. The van der Waals surface area contributed by atoms with Gasteiger partial charge in [-0.15, -0.1) is 0 Å². The third-order valence-electron chi connectivity index (χ3n) is 3.91. The van der Waals surface area contributed by atoms with E-state index in [9.17, 15) is 9.59 Å². The zero-order chi connectivity index (χ0) is 19.2. The fourth-order valence-corrected chi connectivity index (χ4v) is 3.28. The number of benzene rings is 2. The number of carbonyl (C=O) groups is 2. The largest absolute Gasteiger partial charge is 0.295 e. The molecule has 0 bridgehead atoms. The minimum Gasteiger partial charge on any atom is -0.295 e. The molecule has 0 aliphatic rings. The van der Waals surface area contributed by atoms with Crippen LogP contribution < -0.4 is 10.9 Å². The van der Waals surface area contributed by atoms with E-state index in [0.717, 1.165) is 16.8 Å². The molecule has 138 valence electrons. The van der Waals surface area contributed by atoms with Crippen molar-refractivity contribution in [1.82, 2.24) is 20.4 Å². The molecule has 6 nitrogen and oxygen atoms in total. The Morgan fingerprint density at radius 3 is 2.63 bits per heavy atom. The van der Waals surface area contributed by atoms with Crippen LogP contribution in [0.4, 0.5) is 0 Å². The SMILES string of the molecule is Cc1ccc(C)c(-n2ccnc2SCC(=O)NNC(=O)c2ccccc2)c1. The number of thioether (sulfide) groups is 1. The molecule has 0 atom stereocenters. The standard InChI is InChI=1S/C20H20N4O2S/c1-14-8-9-15(2)17(12-14)24-11-10-21-20(24)27-13-18(25)22-23-19(26)16-6-4-3-5-7-16/h3-12H,13H2,1-2H3,(H,22,25)(H,23,26). The molecule has 0 saturated carbocycles. The zero-order valence-corrected chi connectivity index (χ0v) is 15.9. The van der Waals surface area contributed by atoms with Crippen LogP contribution in [0.25, 0.3) is 5.69 Å². The fraction of sp³-hybridized carbons (Fsp3) is 0.150. The van der Waals surface area contributed by atoms with Gasteiger partial charge in [-0.2, -0.15) is 0 Å². The lowest BCUT2D eigenvalue weighted by atomic mass is 10.1. The van der Waals surface area contributed by atoms with Crippen molar-refractivity contribution in [3.8, 4) is 5.69 Å². The average molecular weight is 380 g/mol. The molecule has 0 unspecified atom stereocenters. The van der Waals surface area contributed by atoms with Crippen LogP contribution in [0.1, 0.15) is 21.5 Å². The van der Waals surface area contributed by atoms with Crippen LogP contribution in [-0.4, -0.2) is 27.1 Å². The smallest absolute Gasteiger partial charge is 0.269 e. The second kappa shape index (κ2) is 8.55. The van der Waals surface area contributed by atoms with E-state index in [1.54, 1.807) is 30.5 Å². The number of hydrogen-bond acceptors (Lipinski definition) is 4. The van der Waals surface area contributed by atoms with Crippen molar-refractivity contribution in [1.29, 1.82) is 0 Å². The predicted molar refractivity (Wildman–Crippen MR) is 106 cm³/mol. The number of nitrogens with one attached hydrogen (secondary N) is 2. The van der Waals surface area contributed by atoms with E-state index in [0.29, 0.717) is 10.7 Å². The first-order valence-electron chi connectivity index (χ1n) is 8.42. The number of imidazole rings is 1. The van der Waals surface area contributed by atoms with Gasteiger partial charge in [0, 0.05) is 18.0 Å². The van der Waals surface area contributed by atoms with Gasteiger partial charge in [-0.1, -0.05) is 42.1 Å². The van der Waals surface area contributed by atoms with Gasteiger partial charge in [0.1, 0.15) is 0 Å². The van der Waals surface area contributed by atoms with Crippen molar-refractivity contribution < 1.29 is 9.59 Å². The van der Waals surface area contributed by atoms with E-state index in [1.807, 2.05) is 30.7 Å². The highest BCUT2D eigenvalue weighted by Crippen LogP contribution is 2.23. The maximum Gasteiger partial charge on any atom is 0.269 e. The Balaban J connectivity index is 1.58. The van der Waals surface area contributed by atoms with Gasteiger partial charge in [-0.3, -0.25) is 25.0 Å². The van der Waals surface area contributed by atoms with Crippen molar-refractivity contribution in [2.24, 2.45) is 0 Å². The van der Waals surface area contributed by atoms with Crippen LogP contribution in [0.15, 0.2) is 66.1 Å². The van der Waals surface area contributed by atoms with Gasteiger partial charge in [0.2, 0.25) is 5.91 Å². The first kappa shape index (κ1) is 18.7. The predicted octanol–water partition coefficient (Wildman–Crippen LogP) is 3.04. The lowest BCUT2D eigenvalue weighted by Gasteiger charge is -2.11. The number of nitrogens with zero attached hydrogens (tertiary/aromatic N) is 2. The molecule has 3 aromatic rings. The summed E-state index contributed by atoms with van der Waals surface area (Å²) >= 11 is 1.31. The molecule has 0 fully saturated rings. The summed E-state index contributed by atoms with van der Waals surface area (Å²) in [5, 5.41) is 0.716. The van der Waals surface area contributed by atoms with Gasteiger partial charge < -0.3 is 0 Å². The van der Waals surface area contributed by atoms with E-state index < -0.39 is 0 Å². The van der Waals surface area contributed by atoms with E-state index in [2.05, 4.69) is 34.0 Å². The molecule has 0 radical (unpaired) electrons. The Morgan fingerprint density at radius 2 is 1.85 bits per heavy atom. The fourth-order valence-electron chi connectivity index (χ4n) is 2.51. The highest BCUT2D eigenvalue weighted by Gasteiger charge is 2.12. The molecule has 0 spiro atoms. The molecule has 0 aliphatic heterocycles. The molecular formula is C20H20N4O2S. The number of carbonyl (C=O) groups excluding carboxylic acids is 2. The molecule has 2 aromatic carbocycles. The van der Waals surface area contributed by atoms with Crippen molar-refractivity contribution in [2.75, 3.05) is 5.75 Å². The third kappa shape index (κ3) is 4.77. The van der Waals surface area contributed by atoms with E-state index in [1.165, 1.54) is 11.8 Å². The molecule has 0 saturated heterocycles. The lowest BCUT2D eigenvalue weighted by Crippen LogP contribution is -2.42. The van der Waals surface area contributed by atoms with Gasteiger partial charge in [-0.05, 0) is 43.2 Å². The average Bonchev–Trinajstić information content (AvgIpc) is 3.15. The second-order valence-electron chi connectivity index (χ2n) is 6.03. The molecule has 0 aliphatic carbocycles. The van der Waals surface area contributed by atoms with Gasteiger partial charge in [0.25, 0.3) is 5.91 Å². The van der Waals surface area contributed by atoms with Gasteiger partial charge in [0.05, 0.1) is 11.4 Å². The first-order chi connectivity index (χ1) is 13.0. The quantitative estimate of drug-likeness (QED) is 0.527. The highest BCUT2D eigenvalue weighted by atomic mass is 32.2. The number of amides is 2. The number of rotatable bonds is 5. The van der Waals surface area contributed by atoms with Crippen LogP contribution in [0, 0.1) is 13.8 Å². The summed E-state index contributed by atoms with van der Waals surface area (Å²) in [5.74, 6) is -0.526. The van der Waals surface area contributed by atoms with Gasteiger partial charge in [-0.25, -0.2) is 4.98 Å². The van der Waals surface area contributed by atoms with Crippen LogP contribution in [-0.2, 0) is 4.79 Å². The Hall–Kier alpha value is -3.06. The number of aryl methyl sites for hydroxylation is 2. The van der Waals surface area contributed by atoms with Crippen LogP contribution in [0.5, 0.6) is 0 Å². The first-order valence-corrected chi connectivity index (χ1v) is 9.41. The van der Waals surface area contributed by atoms with E-state index in [-0.39, 0.29) is 17.6 Å². The number of hydrazine groups is 1. The third-order valence-corrected chi connectivity index (χ3v) is 4.88. The normalized spacial score (nSPS) is 10.4. The Bertz CT molecular complexity index is 954. The molecule has 2 N–H and O–H groups in total. The summed E-state index contributed by atoms with van der Waals surface area (Å²) in [4.78, 5) is 28.3. The van der Waals surface area contributed by atoms with Gasteiger partial charge >= 0.3 is 0 Å². The molecule has 2 amide bonds. The number of hydrogen-bond donors (Lipinski definition) is 2. The topological polar surface area (TPSA) is 76.0 Å². The van der Waals surface area contributed by atoms with Crippen LogP contribution in [0.2, 0.25) is 0 Å². The minimum absolute atomic E-state index is 0.136. The second-order valence-corrected chi connectivity index (χ2v) is 6.97. The monoisotopic (exact) mass is 380 g/mol. The van der Waals surface area contributed by atoms with Gasteiger partial charge in [0.15, 0.2) is 5.16 Å². The molecule has 1 heterocycles. The molecule has 7 heteroatoms. The summed E-state index contributed by atoms with van der Waals surface area (Å²) < 4.78 is 1.96. The number of aromatic nitrogens is 2. The molecule has 3 rings (SSSR count). The van der Waals surface area contributed by atoms with Crippen LogP contribution >= 0.6 is 11.8 Å². The highest BCUT2D eigenvalue weighted by molar-refractivity contribution is 7.99. The molecule has 1 aromatic heterocycles. The molecular weight excluding hydrogens is 360 g/mol. The van der Waals surface area contributed by atoms with Crippen molar-refractivity contribution in [3.63, 3.8) is 0 Å². The summed E-state index contributed by atoms with van der Waals surface area (Å²) in [6.45, 7) is 4.07. The summed E-state index contributed by atoms with van der Waals surface area (Å²) in [6.07, 6.45) is 3.58. The maximum atomic E-state index is 12.1. The molecule has 27 heavy (non-hydrogen) atoms. The zero-order valence-electron chi connectivity index (χ0n) is 15.1. The van der Waals surface area contributed by atoms with E-state index >= 15 is 0 Å². The van der Waals surface area contributed by atoms with Crippen molar-refractivity contribution in [3.05, 3.63) is 77.6 Å². The van der Waals surface area contributed by atoms with Crippen molar-refractivity contribution >= 4 is 23.6 Å². The summed E-state index contributed by atoms with van der Waals surface area (Å²) in [6, 6.07) is 14.9. The Kier molecular flexibility index (Phi) is 5.93.